The van der Waals surface area contributed by atoms with Gasteiger partial charge in [0, 0.05) is 36.7 Å². The van der Waals surface area contributed by atoms with E-state index in [1.807, 2.05) is 7.05 Å². The molecule has 1 atom stereocenters. The molecule has 1 N–H and O–H groups in total. The number of piperazine rings is 1. The number of nitrogens with one attached hydrogen (secondary N) is 1. The Hall–Kier alpha value is -0.580. The quantitative estimate of drug-likeness (QED) is 0.921. The van der Waals surface area contributed by atoms with Crippen molar-refractivity contribution in [2.75, 3.05) is 38.1 Å². The summed E-state index contributed by atoms with van der Waals surface area (Å²) in [6.45, 7) is 5.79. The molecule has 0 aromatic heterocycles. The average molecular weight is 324 g/mol. The summed E-state index contributed by atoms with van der Waals surface area (Å²) in [5, 5.41) is 3.20. The number of hydrogen-bond donors (Lipinski definition) is 1. The number of halogens is 1. The van der Waals surface area contributed by atoms with Crippen molar-refractivity contribution in [3.8, 4) is 0 Å². The summed E-state index contributed by atoms with van der Waals surface area (Å²) in [5.74, 6) is 0. The van der Waals surface area contributed by atoms with Gasteiger partial charge >= 0.3 is 0 Å². The van der Waals surface area contributed by atoms with Gasteiger partial charge in [-0.15, -0.1) is 0 Å². The van der Waals surface area contributed by atoms with E-state index in [9.17, 15) is 0 Å². The second kappa shape index (κ2) is 5.81. The van der Waals surface area contributed by atoms with Crippen molar-refractivity contribution in [2.45, 2.75) is 25.4 Å². The van der Waals surface area contributed by atoms with Gasteiger partial charge in [0.15, 0.2) is 0 Å². The van der Waals surface area contributed by atoms with Gasteiger partial charge in [-0.1, -0.05) is 6.07 Å². The lowest BCUT2D eigenvalue weighted by Crippen LogP contribution is -2.50. The van der Waals surface area contributed by atoms with E-state index in [0.717, 1.165) is 19.1 Å². The summed E-state index contributed by atoms with van der Waals surface area (Å²) in [7, 11) is 1.99. The maximum Gasteiger partial charge on any atom is 0.0511 e. The summed E-state index contributed by atoms with van der Waals surface area (Å²) in [5.41, 5.74) is 2.68. The van der Waals surface area contributed by atoms with Crippen molar-refractivity contribution in [3.05, 3.63) is 28.2 Å². The average Bonchev–Trinajstić information content (AvgIpc) is 2.86. The number of benzene rings is 1. The zero-order chi connectivity index (χ0) is 13.2. The van der Waals surface area contributed by atoms with E-state index in [1.54, 1.807) is 0 Å². The van der Waals surface area contributed by atoms with Crippen LogP contribution in [0.1, 0.15) is 18.4 Å². The van der Waals surface area contributed by atoms with Crippen molar-refractivity contribution < 1.29 is 0 Å². The van der Waals surface area contributed by atoms with E-state index in [4.69, 9.17) is 0 Å². The molecule has 4 heteroatoms. The van der Waals surface area contributed by atoms with E-state index in [2.05, 4.69) is 49.2 Å². The molecule has 0 amide bonds. The Morgan fingerprint density at radius 1 is 1.32 bits per heavy atom. The molecule has 19 heavy (non-hydrogen) atoms. The molecule has 2 saturated heterocycles. The van der Waals surface area contributed by atoms with Crippen LogP contribution in [0.4, 0.5) is 5.69 Å². The molecule has 0 saturated carbocycles. The Bertz CT molecular complexity index is 449. The fourth-order valence-corrected chi connectivity index (χ4v) is 4.01. The van der Waals surface area contributed by atoms with Crippen LogP contribution in [0.15, 0.2) is 22.7 Å². The largest absolute Gasteiger partial charge is 0.368 e. The van der Waals surface area contributed by atoms with Crippen molar-refractivity contribution in [3.63, 3.8) is 0 Å². The summed E-state index contributed by atoms with van der Waals surface area (Å²) in [4.78, 5) is 5.19. The molecular formula is C15H22BrN3. The third-order valence-electron chi connectivity index (χ3n) is 4.32. The summed E-state index contributed by atoms with van der Waals surface area (Å²) in [6, 6.07) is 7.52. The van der Waals surface area contributed by atoms with Crippen molar-refractivity contribution in [1.29, 1.82) is 0 Å². The Morgan fingerprint density at radius 2 is 2.21 bits per heavy atom. The molecule has 3 nitrogen and oxygen atoms in total. The minimum Gasteiger partial charge on any atom is -0.368 e. The number of fused-ring (bicyclic) bond motifs is 1. The van der Waals surface area contributed by atoms with E-state index in [1.165, 1.54) is 48.2 Å². The Labute approximate surface area is 124 Å². The van der Waals surface area contributed by atoms with Crippen LogP contribution in [-0.2, 0) is 6.54 Å². The maximum absolute atomic E-state index is 3.74. The second-order valence-corrected chi connectivity index (χ2v) is 6.45. The van der Waals surface area contributed by atoms with Gasteiger partial charge < -0.3 is 10.2 Å². The molecule has 0 aliphatic carbocycles. The zero-order valence-corrected chi connectivity index (χ0v) is 13.1. The third kappa shape index (κ3) is 2.81. The van der Waals surface area contributed by atoms with Crippen molar-refractivity contribution >= 4 is 21.6 Å². The lowest BCUT2D eigenvalue weighted by atomic mass is 10.1. The lowest BCUT2D eigenvalue weighted by molar-refractivity contribution is 0.231. The van der Waals surface area contributed by atoms with Gasteiger partial charge in [-0.3, -0.25) is 4.90 Å². The Kier molecular flexibility index (Phi) is 4.10. The van der Waals surface area contributed by atoms with Crippen LogP contribution in [0.5, 0.6) is 0 Å². The highest BCUT2D eigenvalue weighted by atomic mass is 79.9. The first-order valence-corrected chi connectivity index (χ1v) is 7.99. The molecule has 104 valence electrons. The Balaban J connectivity index is 1.75. The van der Waals surface area contributed by atoms with Gasteiger partial charge in [-0.2, -0.15) is 0 Å². The first kappa shape index (κ1) is 13.4. The molecule has 2 heterocycles. The van der Waals surface area contributed by atoms with Crippen LogP contribution in [0.2, 0.25) is 0 Å². The normalized spacial score (nSPS) is 23.7. The number of hydrogen-bond acceptors (Lipinski definition) is 3. The number of rotatable bonds is 3. The summed E-state index contributed by atoms with van der Waals surface area (Å²) in [6.07, 6.45) is 2.74. The monoisotopic (exact) mass is 323 g/mol. The van der Waals surface area contributed by atoms with E-state index in [-0.39, 0.29) is 0 Å². The van der Waals surface area contributed by atoms with Gasteiger partial charge in [-0.05, 0) is 60.1 Å². The predicted octanol–water partition coefficient (Wildman–Crippen LogP) is 2.45. The summed E-state index contributed by atoms with van der Waals surface area (Å²) >= 11 is 3.74. The van der Waals surface area contributed by atoms with E-state index < -0.39 is 0 Å². The fourth-order valence-electron chi connectivity index (χ4n) is 3.33. The van der Waals surface area contributed by atoms with Crippen molar-refractivity contribution in [2.24, 2.45) is 0 Å². The van der Waals surface area contributed by atoms with Crippen LogP contribution in [-0.4, -0.2) is 44.2 Å². The highest BCUT2D eigenvalue weighted by molar-refractivity contribution is 9.10. The van der Waals surface area contributed by atoms with Crippen molar-refractivity contribution in [1.82, 2.24) is 10.2 Å². The predicted molar refractivity (Wildman–Crippen MR) is 83.7 cm³/mol. The second-order valence-electron chi connectivity index (χ2n) is 5.59. The van der Waals surface area contributed by atoms with Gasteiger partial charge in [0.05, 0.1) is 5.69 Å². The number of nitrogens with zero attached hydrogens (tertiary/aromatic N) is 2. The zero-order valence-electron chi connectivity index (χ0n) is 11.5. The topological polar surface area (TPSA) is 18.5 Å². The van der Waals surface area contributed by atoms with Crippen LogP contribution in [0, 0.1) is 0 Å². The first-order valence-electron chi connectivity index (χ1n) is 7.20. The van der Waals surface area contributed by atoms with Crippen LogP contribution in [0.3, 0.4) is 0 Å². The minimum atomic E-state index is 0.776. The molecule has 1 unspecified atom stereocenters. The van der Waals surface area contributed by atoms with Gasteiger partial charge in [0.2, 0.25) is 0 Å². The first-order chi connectivity index (χ1) is 9.28. The summed E-state index contributed by atoms with van der Waals surface area (Å²) < 4.78 is 1.23. The molecular weight excluding hydrogens is 302 g/mol. The smallest absolute Gasteiger partial charge is 0.0511 e. The maximum atomic E-state index is 3.74. The molecule has 1 aromatic carbocycles. The van der Waals surface area contributed by atoms with Crippen LogP contribution < -0.4 is 10.2 Å². The van der Waals surface area contributed by atoms with E-state index >= 15 is 0 Å². The molecule has 1 aromatic rings. The number of anilines is 1. The van der Waals surface area contributed by atoms with E-state index in [0.29, 0.717) is 0 Å². The van der Waals surface area contributed by atoms with Crippen LogP contribution >= 0.6 is 15.9 Å². The van der Waals surface area contributed by atoms with Gasteiger partial charge in [0.1, 0.15) is 0 Å². The van der Waals surface area contributed by atoms with Gasteiger partial charge in [0.25, 0.3) is 0 Å². The standard InChI is InChI=1S/C15H22BrN3/c1-17-10-12-4-5-15(14(16)9-12)19-8-7-18-6-2-3-13(18)11-19/h4-5,9,13,17H,2-3,6-8,10-11H2,1H3. The molecule has 2 aliphatic rings. The fraction of sp³-hybridized carbons (Fsp3) is 0.600. The molecule has 0 spiro atoms. The van der Waals surface area contributed by atoms with Gasteiger partial charge in [-0.25, -0.2) is 0 Å². The Morgan fingerprint density at radius 3 is 3.00 bits per heavy atom. The molecule has 2 fully saturated rings. The third-order valence-corrected chi connectivity index (χ3v) is 4.96. The molecule has 2 aliphatic heterocycles. The molecule has 0 radical (unpaired) electrons. The molecule has 3 rings (SSSR count). The highest BCUT2D eigenvalue weighted by Gasteiger charge is 2.31. The SMILES string of the molecule is CNCc1ccc(N2CCN3CCCC3C2)c(Br)c1. The molecule has 0 bridgehead atoms. The highest BCUT2D eigenvalue weighted by Crippen LogP contribution is 2.31. The minimum absolute atomic E-state index is 0.776. The van der Waals surface area contributed by atoms with Crippen LogP contribution in [0.25, 0.3) is 0 Å². The lowest BCUT2D eigenvalue weighted by Gasteiger charge is -2.39.